The van der Waals surface area contributed by atoms with Gasteiger partial charge in [-0.2, -0.15) is 0 Å². The van der Waals surface area contributed by atoms with Gasteiger partial charge in [-0.15, -0.1) is 0 Å². The summed E-state index contributed by atoms with van der Waals surface area (Å²) in [6.07, 6.45) is 9.60. The molecule has 180 valence electrons. The number of allylic oxidation sites excluding steroid dienone is 4. The van der Waals surface area contributed by atoms with Crippen LogP contribution in [-0.4, -0.2) is 0 Å². The van der Waals surface area contributed by atoms with E-state index in [9.17, 15) is 0 Å². The van der Waals surface area contributed by atoms with Crippen LogP contribution in [0.3, 0.4) is 0 Å². The zero-order valence-corrected chi connectivity index (χ0v) is 23.5. The zero-order valence-electron chi connectivity index (χ0n) is 23.5. The molecule has 0 nitrogen and oxygen atoms in total. The van der Waals surface area contributed by atoms with Gasteiger partial charge in [0.1, 0.15) is 0 Å². The van der Waals surface area contributed by atoms with Gasteiger partial charge in [0.15, 0.2) is 0 Å². The average Bonchev–Trinajstić information content (AvgIpc) is 2.86. The van der Waals surface area contributed by atoms with Gasteiger partial charge in [-0.25, -0.2) is 0 Å². The molecule has 1 rings (SSSR count). The monoisotopic (exact) mass is 428 g/mol. The van der Waals surface area contributed by atoms with Crippen LogP contribution in [0.15, 0.2) is 36.0 Å². The Hall–Kier alpha value is -0.780. The minimum atomic E-state index is 0.267. The second-order valence-corrected chi connectivity index (χ2v) is 14.8. The Kier molecular flexibility index (Phi) is 9.12. The first-order valence-electron chi connectivity index (χ1n) is 12.7. The first-order chi connectivity index (χ1) is 13.7. The Balaban J connectivity index is 3.01. The van der Waals surface area contributed by atoms with E-state index in [2.05, 4.69) is 102 Å². The Morgan fingerprint density at radius 2 is 1.45 bits per heavy atom. The van der Waals surface area contributed by atoms with E-state index >= 15 is 0 Å². The predicted molar refractivity (Wildman–Crippen MR) is 142 cm³/mol. The minimum Gasteiger partial charge on any atom is -0.0995 e. The predicted octanol–water partition coefficient (Wildman–Crippen LogP) is 10.4. The van der Waals surface area contributed by atoms with Gasteiger partial charge in [-0.05, 0) is 84.9 Å². The Morgan fingerprint density at radius 3 is 1.87 bits per heavy atom. The van der Waals surface area contributed by atoms with Gasteiger partial charge in [0.2, 0.25) is 0 Å². The first-order valence-corrected chi connectivity index (χ1v) is 12.7. The molecule has 0 radical (unpaired) electrons. The molecule has 0 aliphatic heterocycles. The molecule has 0 bridgehead atoms. The largest absolute Gasteiger partial charge is 0.0995 e. The normalized spacial score (nSPS) is 21.5. The second kappa shape index (κ2) is 10.0. The fraction of sp³-hybridized carbons (Fsp3) is 0.806. The third-order valence-electron chi connectivity index (χ3n) is 8.04. The third-order valence-corrected chi connectivity index (χ3v) is 8.04. The maximum Gasteiger partial charge on any atom is -0.0111 e. The highest BCUT2D eigenvalue weighted by molar-refractivity contribution is 5.23. The molecule has 0 amide bonds. The van der Waals surface area contributed by atoms with Crippen LogP contribution in [0, 0.1) is 39.4 Å². The topological polar surface area (TPSA) is 0 Å². The molecule has 3 atom stereocenters. The molecule has 0 N–H and O–H groups in total. The van der Waals surface area contributed by atoms with E-state index in [0.717, 1.165) is 19.3 Å². The number of hydrogen-bond donors (Lipinski definition) is 0. The second-order valence-electron chi connectivity index (χ2n) is 14.8. The minimum absolute atomic E-state index is 0.267. The summed E-state index contributed by atoms with van der Waals surface area (Å²) in [7, 11) is 0. The van der Waals surface area contributed by atoms with Crippen LogP contribution in [0.4, 0.5) is 0 Å². The quantitative estimate of drug-likeness (QED) is 0.320. The summed E-state index contributed by atoms with van der Waals surface area (Å²) in [5.74, 6) is 2.00. The lowest BCUT2D eigenvalue weighted by atomic mass is 9.59. The van der Waals surface area contributed by atoms with E-state index in [4.69, 9.17) is 0 Å². The van der Waals surface area contributed by atoms with Crippen molar-refractivity contribution >= 4 is 0 Å². The van der Waals surface area contributed by atoms with Crippen molar-refractivity contribution in [2.75, 3.05) is 0 Å². The van der Waals surface area contributed by atoms with Gasteiger partial charge in [0.05, 0.1) is 0 Å². The van der Waals surface area contributed by atoms with E-state index in [-0.39, 0.29) is 10.8 Å². The summed E-state index contributed by atoms with van der Waals surface area (Å²) < 4.78 is 0. The van der Waals surface area contributed by atoms with Gasteiger partial charge in [-0.1, -0.05) is 112 Å². The van der Waals surface area contributed by atoms with Crippen molar-refractivity contribution < 1.29 is 0 Å². The third kappa shape index (κ3) is 8.94. The van der Waals surface area contributed by atoms with Crippen molar-refractivity contribution in [2.45, 2.75) is 122 Å². The van der Waals surface area contributed by atoms with Crippen molar-refractivity contribution in [3.63, 3.8) is 0 Å². The van der Waals surface area contributed by atoms with Crippen molar-refractivity contribution in [2.24, 2.45) is 39.4 Å². The van der Waals surface area contributed by atoms with Gasteiger partial charge in [0, 0.05) is 0 Å². The lowest BCUT2D eigenvalue weighted by Gasteiger charge is -2.46. The van der Waals surface area contributed by atoms with Crippen LogP contribution in [-0.2, 0) is 0 Å². The van der Waals surface area contributed by atoms with Crippen LogP contribution < -0.4 is 0 Å². The zero-order chi connectivity index (χ0) is 24.4. The molecule has 1 saturated carbocycles. The molecular formula is C31H56. The van der Waals surface area contributed by atoms with Crippen molar-refractivity contribution in [3.05, 3.63) is 36.0 Å². The average molecular weight is 429 g/mol. The van der Waals surface area contributed by atoms with Crippen molar-refractivity contribution in [1.82, 2.24) is 0 Å². The summed E-state index contributed by atoms with van der Waals surface area (Å²) >= 11 is 0. The smallest absolute Gasteiger partial charge is 0.0111 e. The number of hydrogen-bond acceptors (Lipinski definition) is 0. The summed E-state index contributed by atoms with van der Waals surface area (Å²) in [5, 5.41) is 0. The summed E-state index contributed by atoms with van der Waals surface area (Å²) in [4.78, 5) is 0. The fourth-order valence-electron chi connectivity index (χ4n) is 5.73. The molecule has 0 aromatic carbocycles. The van der Waals surface area contributed by atoms with Gasteiger partial charge in [0.25, 0.3) is 0 Å². The summed E-state index contributed by atoms with van der Waals surface area (Å²) in [6, 6.07) is 0. The van der Waals surface area contributed by atoms with Gasteiger partial charge < -0.3 is 0 Å². The SMILES string of the molecule is C=C1CC(=C)C(C(CC(C)(C)C)C(C)CC(C)(C)C(C)(C)C/C=C(\C)CC(C)(C)C)C1. The van der Waals surface area contributed by atoms with Gasteiger partial charge in [-0.3, -0.25) is 0 Å². The van der Waals surface area contributed by atoms with Gasteiger partial charge >= 0.3 is 0 Å². The molecule has 31 heavy (non-hydrogen) atoms. The molecule has 0 heteroatoms. The van der Waals surface area contributed by atoms with E-state index < -0.39 is 0 Å². The van der Waals surface area contributed by atoms with Crippen LogP contribution in [0.5, 0.6) is 0 Å². The molecule has 0 saturated heterocycles. The van der Waals surface area contributed by atoms with E-state index in [1.807, 2.05) is 0 Å². The van der Waals surface area contributed by atoms with Crippen LogP contribution in [0.2, 0.25) is 0 Å². The standard InChI is InChI=1S/C31H56/c1-22(19-28(5,6)7)15-16-30(11,12)31(13,14)20-25(4)27(21-29(8,9)10)26-18-23(2)17-24(26)3/h15,25-27H,2-3,16-21H2,1,4-14H3/b22-15+. The molecule has 1 fully saturated rings. The maximum absolute atomic E-state index is 4.47. The lowest BCUT2D eigenvalue weighted by molar-refractivity contribution is 0.0536. The molecular weight excluding hydrogens is 372 g/mol. The first kappa shape index (κ1) is 28.3. The lowest BCUT2D eigenvalue weighted by Crippen LogP contribution is -2.37. The summed E-state index contributed by atoms with van der Waals surface area (Å²) in [6.45, 7) is 37.8. The summed E-state index contributed by atoms with van der Waals surface area (Å²) in [5.41, 5.74) is 5.61. The van der Waals surface area contributed by atoms with E-state index in [1.54, 1.807) is 0 Å². The Bertz CT molecular complexity index is 653. The molecule has 1 aliphatic carbocycles. The molecule has 0 aromatic heterocycles. The van der Waals surface area contributed by atoms with Crippen molar-refractivity contribution in [1.29, 1.82) is 0 Å². The van der Waals surface area contributed by atoms with Crippen LogP contribution in [0.1, 0.15) is 122 Å². The highest BCUT2D eigenvalue weighted by Gasteiger charge is 2.41. The van der Waals surface area contributed by atoms with Crippen LogP contribution in [0.25, 0.3) is 0 Å². The molecule has 0 spiro atoms. The maximum atomic E-state index is 4.47. The van der Waals surface area contributed by atoms with E-state index in [1.165, 1.54) is 36.0 Å². The molecule has 0 aromatic rings. The van der Waals surface area contributed by atoms with E-state index in [0.29, 0.717) is 28.6 Å². The molecule has 1 aliphatic rings. The Labute approximate surface area is 197 Å². The van der Waals surface area contributed by atoms with Crippen molar-refractivity contribution in [3.8, 4) is 0 Å². The highest BCUT2D eigenvalue weighted by atomic mass is 14.5. The van der Waals surface area contributed by atoms with Crippen LogP contribution >= 0.6 is 0 Å². The molecule has 3 unspecified atom stereocenters. The highest BCUT2D eigenvalue weighted by Crippen LogP contribution is 2.51. The molecule has 0 heterocycles. The fourth-order valence-corrected chi connectivity index (χ4v) is 5.73. The number of rotatable bonds is 9. The Morgan fingerprint density at radius 1 is 0.903 bits per heavy atom.